The Morgan fingerprint density at radius 2 is 2.33 bits per heavy atom. The number of fused-ring (bicyclic) bond motifs is 1. The lowest BCUT2D eigenvalue weighted by Crippen LogP contribution is -2.40. The number of aryl methyl sites for hydroxylation is 1. The highest BCUT2D eigenvalue weighted by Crippen LogP contribution is 2.18. The molecular formula is C16H22N4O2S2. The Balaban J connectivity index is 1.59. The van der Waals surface area contributed by atoms with E-state index in [2.05, 4.69) is 17.0 Å². The van der Waals surface area contributed by atoms with Crippen LogP contribution in [0.5, 0.6) is 0 Å². The van der Waals surface area contributed by atoms with Crippen LogP contribution in [0, 0.1) is 5.92 Å². The first kappa shape index (κ1) is 17.4. The molecule has 1 aliphatic heterocycles. The van der Waals surface area contributed by atoms with Crippen molar-refractivity contribution in [3.8, 4) is 0 Å². The van der Waals surface area contributed by atoms with Gasteiger partial charge in [-0.05, 0) is 25.2 Å². The zero-order valence-corrected chi connectivity index (χ0v) is 15.7. The molecule has 3 rings (SSSR count). The van der Waals surface area contributed by atoms with Crippen molar-refractivity contribution in [3.05, 3.63) is 27.1 Å². The third-order valence-corrected chi connectivity index (χ3v) is 6.13. The maximum absolute atomic E-state index is 12.3. The van der Waals surface area contributed by atoms with Gasteiger partial charge in [0.2, 0.25) is 10.9 Å². The minimum absolute atomic E-state index is 0.150. The van der Waals surface area contributed by atoms with Gasteiger partial charge in [0, 0.05) is 24.9 Å². The number of aromatic nitrogens is 3. The van der Waals surface area contributed by atoms with Gasteiger partial charge in [-0.25, -0.2) is 4.98 Å². The Labute approximate surface area is 149 Å². The third kappa shape index (κ3) is 3.97. The van der Waals surface area contributed by atoms with Crippen LogP contribution >= 0.6 is 23.1 Å². The van der Waals surface area contributed by atoms with Crippen molar-refractivity contribution in [2.24, 2.45) is 5.92 Å². The van der Waals surface area contributed by atoms with E-state index in [4.69, 9.17) is 0 Å². The SMILES string of the molecule is CCc1nn2c(=O)cc(CSCC(=O)N3CCC[C@H](C)C3)nc2s1. The molecule has 0 saturated carbocycles. The summed E-state index contributed by atoms with van der Waals surface area (Å²) in [7, 11) is 0. The fourth-order valence-electron chi connectivity index (χ4n) is 2.86. The summed E-state index contributed by atoms with van der Waals surface area (Å²) in [6.45, 7) is 5.94. The minimum Gasteiger partial charge on any atom is -0.342 e. The molecule has 0 unspecified atom stereocenters. The summed E-state index contributed by atoms with van der Waals surface area (Å²) in [5.74, 6) is 1.79. The number of likely N-dealkylation sites (tertiary alicyclic amines) is 1. The van der Waals surface area contributed by atoms with Crippen LogP contribution in [0.4, 0.5) is 0 Å². The van der Waals surface area contributed by atoms with Crippen molar-refractivity contribution in [3.63, 3.8) is 0 Å². The van der Waals surface area contributed by atoms with E-state index in [1.165, 1.54) is 40.1 Å². The van der Waals surface area contributed by atoms with E-state index < -0.39 is 0 Å². The van der Waals surface area contributed by atoms with Crippen LogP contribution in [0.2, 0.25) is 0 Å². The molecule has 3 heterocycles. The van der Waals surface area contributed by atoms with E-state index in [1.54, 1.807) is 0 Å². The number of carbonyl (C=O) groups is 1. The summed E-state index contributed by atoms with van der Waals surface area (Å²) in [4.78, 5) is 31.4. The highest BCUT2D eigenvalue weighted by Gasteiger charge is 2.20. The van der Waals surface area contributed by atoms with Crippen LogP contribution in [0.15, 0.2) is 10.9 Å². The van der Waals surface area contributed by atoms with Gasteiger partial charge in [-0.1, -0.05) is 25.2 Å². The summed E-state index contributed by atoms with van der Waals surface area (Å²) < 4.78 is 1.36. The highest BCUT2D eigenvalue weighted by molar-refractivity contribution is 7.99. The Morgan fingerprint density at radius 1 is 1.50 bits per heavy atom. The minimum atomic E-state index is -0.150. The van der Waals surface area contributed by atoms with Crippen molar-refractivity contribution in [1.29, 1.82) is 0 Å². The third-order valence-electron chi connectivity index (χ3n) is 4.13. The van der Waals surface area contributed by atoms with E-state index in [9.17, 15) is 9.59 Å². The van der Waals surface area contributed by atoms with Crippen molar-refractivity contribution in [2.75, 3.05) is 18.8 Å². The average Bonchev–Trinajstić information content (AvgIpc) is 2.98. The second-order valence-electron chi connectivity index (χ2n) is 6.21. The van der Waals surface area contributed by atoms with Crippen molar-refractivity contribution in [1.82, 2.24) is 19.5 Å². The van der Waals surface area contributed by atoms with Crippen LogP contribution < -0.4 is 5.56 Å². The normalized spacial score (nSPS) is 18.2. The molecular weight excluding hydrogens is 344 g/mol. The second kappa shape index (κ2) is 7.65. The standard InChI is InChI=1S/C16H22N4O2S2/c1-3-13-18-20-14(21)7-12(17-16(20)24-13)9-23-10-15(22)19-6-4-5-11(2)8-19/h7,11H,3-6,8-10H2,1-2H3/t11-/m0/s1. The number of rotatable bonds is 5. The van der Waals surface area contributed by atoms with Crippen LogP contribution in [0.3, 0.4) is 0 Å². The van der Waals surface area contributed by atoms with Gasteiger partial charge < -0.3 is 4.90 Å². The van der Waals surface area contributed by atoms with E-state index in [1.807, 2.05) is 11.8 Å². The number of amides is 1. The smallest absolute Gasteiger partial charge is 0.275 e. The van der Waals surface area contributed by atoms with E-state index in [-0.39, 0.29) is 11.5 Å². The Hall–Kier alpha value is -1.41. The molecule has 0 N–H and O–H groups in total. The summed E-state index contributed by atoms with van der Waals surface area (Å²) in [6, 6.07) is 1.52. The Kier molecular flexibility index (Phi) is 5.55. The van der Waals surface area contributed by atoms with Crippen molar-refractivity contribution in [2.45, 2.75) is 38.9 Å². The van der Waals surface area contributed by atoms with E-state index >= 15 is 0 Å². The maximum atomic E-state index is 12.3. The fraction of sp³-hybridized carbons (Fsp3) is 0.625. The first-order chi connectivity index (χ1) is 11.6. The molecule has 0 aliphatic carbocycles. The van der Waals surface area contributed by atoms with E-state index in [0.717, 1.165) is 36.6 Å². The monoisotopic (exact) mass is 366 g/mol. The number of piperidine rings is 1. The summed E-state index contributed by atoms with van der Waals surface area (Å²) in [6.07, 6.45) is 3.09. The van der Waals surface area contributed by atoms with Crippen molar-refractivity contribution < 1.29 is 4.79 Å². The molecule has 2 aromatic heterocycles. The number of hydrogen-bond donors (Lipinski definition) is 0. The molecule has 2 aromatic rings. The van der Waals surface area contributed by atoms with Crippen LogP contribution in [0.1, 0.15) is 37.4 Å². The molecule has 0 spiro atoms. The number of thioether (sulfide) groups is 1. The van der Waals surface area contributed by atoms with Gasteiger partial charge in [0.05, 0.1) is 11.4 Å². The van der Waals surface area contributed by atoms with Gasteiger partial charge in [-0.3, -0.25) is 9.59 Å². The number of hydrogen-bond acceptors (Lipinski definition) is 6. The second-order valence-corrected chi connectivity index (χ2v) is 8.24. The predicted molar refractivity (Wildman–Crippen MR) is 97.7 cm³/mol. The molecule has 0 radical (unpaired) electrons. The fourth-order valence-corrected chi connectivity index (χ4v) is 4.54. The first-order valence-corrected chi connectivity index (χ1v) is 10.3. The first-order valence-electron chi connectivity index (χ1n) is 8.31. The molecule has 1 aliphatic rings. The molecule has 1 amide bonds. The molecule has 24 heavy (non-hydrogen) atoms. The molecule has 6 nitrogen and oxygen atoms in total. The molecule has 1 atom stereocenters. The van der Waals surface area contributed by atoms with Gasteiger partial charge in [-0.15, -0.1) is 11.8 Å². The summed E-state index contributed by atoms with van der Waals surface area (Å²) in [5, 5.41) is 5.14. The molecule has 1 fully saturated rings. The summed E-state index contributed by atoms with van der Waals surface area (Å²) >= 11 is 2.97. The van der Waals surface area contributed by atoms with Crippen LogP contribution in [-0.4, -0.2) is 44.2 Å². The lowest BCUT2D eigenvalue weighted by molar-refractivity contribution is -0.130. The predicted octanol–water partition coefficient (Wildman–Crippen LogP) is 2.21. The number of nitrogens with zero attached hydrogens (tertiary/aromatic N) is 4. The summed E-state index contributed by atoms with van der Waals surface area (Å²) in [5.41, 5.74) is 0.568. The van der Waals surface area contributed by atoms with Gasteiger partial charge in [0.15, 0.2) is 0 Å². The quantitative estimate of drug-likeness (QED) is 0.811. The van der Waals surface area contributed by atoms with Gasteiger partial charge in [-0.2, -0.15) is 9.61 Å². The highest BCUT2D eigenvalue weighted by atomic mass is 32.2. The van der Waals surface area contributed by atoms with Crippen LogP contribution in [0.25, 0.3) is 4.96 Å². The van der Waals surface area contributed by atoms with E-state index in [0.29, 0.717) is 22.4 Å². The number of carbonyl (C=O) groups excluding carboxylic acids is 1. The molecule has 1 saturated heterocycles. The Morgan fingerprint density at radius 3 is 3.08 bits per heavy atom. The topological polar surface area (TPSA) is 67.6 Å². The Bertz CT molecular complexity index is 786. The van der Waals surface area contributed by atoms with Crippen molar-refractivity contribution >= 4 is 34.0 Å². The molecule has 8 heteroatoms. The lowest BCUT2D eigenvalue weighted by Gasteiger charge is -2.30. The van der Waals surface area contributed by atoms with Gasteiger partial charge >= 0.3 is 0 Å². The molecule has 0 bridgehead atoms. The largest absolute Gasteiger partial charge is 0.342 e. The maximum Gasteiger partial charge on any atom is 0.275 e. The lowest BCUT2D eigenvalue weighted by atomic mass is 10.0. The zero-order chi connectivity index (χ0) is 17.1. The molecule has 0 aromatic carbocycles. The van der Waals surface area contributed by atoms with Gasteiger partial charge in [0.1, 0.15) is 5.01 Å². The molecule has 130 valence electrons. The van der Waals surface area contributed by atoms with Crippen LogP contribution in [-0.2, 0) is 17.0 Å². The average molecular weight is 367 g/mol. The van der Waals surface area contributed by atoms with Gasteiger partial charge in [0.25, 0.3) is 5.56 Å². The zero-order valence-electron chi connectivity index (χ0n) is 14.0.